The van der Waals surface area contributed by atoms with Crippen LogP contribution in [0.2, 0.25) is 0 Å². The fourth-order valence-electron chi connectivity index (χ4n) is 3.72. The normalized spacial score (nSPS) is 19.3. The molecular formula is C22H28N2O4. The number of carbonyl (C=O) groups is 1. The molecule has 2 heterocycles. The van der Waals surface area contributed by atoms with Crippen molar-refractivity contribution < 1.29 is 18.7 Å². The molecule has 2 aromatic rings. The minimum absolute atomic E-state index is 0.344. The summed E-state index contributed by atoms with van der Waals surface area (Å²) >= 11 is 0. The molecule has 1 atom stereocenters. The van der Waals surface area contributed by atoms with Crippen LogP contribution < -0.4 is 0 Å². The number of aryl methyl sites for hydroxylation is 1. The minimum Gasteiger partial charge on any atom is -0.465 e. The van der Waals surface area contributed by atoms with Crippen molar-refractivity contribution in [1.29, 1.82) is 0 Å². The number of aromatic nitrogens is 1. The summed E-state index contributed by atoms with van der Waals surface area (Å²) in [6.45, 7) is 5.71. The lowest BCUT2D eigenvalue weighted by atomic mass is 10.1. The van der Waals surface area contributed by atoms with Gasteiger partial charge in [0.2, 0.25) is 5.89 Å². The van der Waals surface area contributed by atoms with Gasteiger partial charge in [0.25, 0.3) is 0 Å². The van der Waals surface area contributed by atoms with Gasteiger partial charge in [-0.25, -0.2) is 9.78 Å². The van der Waals surface area contributed by atoms with Gasteiger partial charge in [0.05, 0.1) is 24.5 Å². The monoisotopic (exact) mass is 384 g/mol. The number of hydrogen-bond acceptors (Lipinski definition) is 6. The van der Waals surface area contributed by atoms with Crippen LogP contribution in [0.1, 0.15) is 47.5 Å². The molecule has 1 saturated heterocycles. The van der Waals surface area contributed by atoms with E-state index in [1.165, 1.54) is 20.0 Å². The predicted molar refractivity (Wildman–Crippen MR) is 105 cm³/mol. The second-order valence-electron chi connectivity index (χ2n) is 7.86. The lowest BCUT2D eigenvalue weighted by molar-refractivity contribution is 0.0600. The molecule has 28 heavy (non-hydrogen) atoms. The molecule has 150 valence electrons. The van der Waals surface area contributed by atoms with E-state index in [2.05, 4.69) is 4.90 Å². The fraction of sp³-hybridized carbons (Fsp3) is 0.545. The maximum Gasteiger partial charge on any atom is 0.337 e. The Hall–Kier alpha value is -2.18. The topological polar surface area (TPSA) is 64.8 Å². The molecule has 2 fully saturated rings. The van der Waals surface area contributed by atoms with E-state index in [0.717, 1.165) is 62.0 Å². The third kappa shape index (κ3) is 4.62. The van der Waals surface area contributed by atoms with Gasteiger partial charge >= 0.3 is 5.97 Å². The molecule has 1 aromatic carbocycles. The van der Waals surface area contributed by atoms with Crippen molar-refractivity contribution in [3.63, 3.8) is 0 Å². The summed E-state index contributed by atoms with van der Waals surface area (Å²) in [5.74, 6) is 1.91. The number of carbonyl (C=O) groups excluding carboxylic acids is 1. The molecule has 6 heteroatoms. The SMILES string of the molecule is COC(=O)c1ccc(-c2nc(CN(CC3CC3)CC3CCCO3)c(C)o2)cc1. The third-order valence-electron chi connectivity index (χ3n) is 5.52. The van der Waals surface area contributed by atoms with Gasteiger partial charge in [-0.3, -0.25) is 4.90 Å². The van der Waals surface area contributed by atoms with Gasteiger partial charge in [0.15, 0.2) is 0 Å². The number of benzene rings is 1. The first kappa shape index (κ1) is 19.2. The molecule has 0 radical (unpaired) electrons. The molecule has 0 spiro atoms. The molecule has 1 aromatic heterocycles. The summed E-state index contributed by atoms with van der Waals surface area (Å²) < 4.78 is 16.5. The van der Waals surface area contributed by atoms with Crippen molar-refractivity contribution in [1.82, 2.24) is 9.88 Å². The highest BCUT2D eigenvalue weighted by Crippen LogP contribution is 2.31. The number of ether oxygens (including phenoxy) is 2. The second kappa shape index (κ2) is 8.45. The zero-order valence-corrected chi connectivity index (χ0v) is 16.6. The van der Waals surface area contributed by atoms with Crippen molar-refractivity contribution in [3.8, 4) is 11.5 Å². The summed E-state index contributed by atoms with van der Waals surface area (Å²) in [4.78, 5) is 18.8. The Labute approximate surface area is 165 Å². The molecule has 1 unspecified atom stereocenters. The first-order valence-electron chi connectivity index (χ1n) is 10.1. The molecule has 2 aliphatic rings. The van der Waals surface area contributed by atoms with Crippen LogP contribution in [0.3, 0.4) is 0 Å². The average molecular weight is 384 g/mol. The number of rotatable bonds is 8. The summed E-state index contributed by atoms with van der Waals surface area (Å²) in [7, 11) is 1.38. The van der Waals surface area contributed by atoms with Crippen molar-refractivity contribution in [2.45, 2.75) is 45.3 Å². The molecule has 0 N–H and O–H groups in total. The summed E-state index contributed by atoms with van der Waals surface area (Å²) in [5, 5.41) is 0. The van der Waals surface area contributed by atoms with E-state index < -0.39 is 0 Å². The lowest BCUT2D eigenvalue weighted by Gasteiger charge is -2.24. The molecule has 1 aliphatic carbocycles. The van der Waals surface area contributed by atoms with Crippen molar-refractivity contribution in [2.75, 3.05) is 26.8 Å². The Morgan fingerprint density at radius 1 is 1.21 bits per heavy atom. The molecule has 0 bridgehead atoms. The summed E-state index contributed by atoms with van der Waals surface area (Å²) in [6.07, 6.45) is 5.32. The van der Waals surface area contributed by atoms with Crippen LogP contribution in [0.25, 0.3) is 11.5 Å². The summed E-state index contributed by atoms with van der Waals surface area (Å²) in [5.41, 5.74) is 2.35. The van der Waals surface area contributed by atoms with E-state index in [0.29, 0.717) is 17.6 Å². The highest BCUT2D eigenvalue weighted by molar-refractivity contribution is 5.89. The number of nitrogens with zero attached hydrogens (tertiary/aromatic N) is 2. The molecule has 1 saturated carbocycles. The zero-order chi connectivity index (χ0) is 19.5. The minimum atomic E-state index is -0.347. The Balaban J connectivity index is 1.46. The first-order chi connectivity index (χ1) is 13.6. The van der Waals surface area contributed by atoms with Crippen LogP contribution in [-0.4, -0.2) is 48.8 Å². The largest absolute Gasteiger partial charge is 0.465 e. The van der Waals surface area contributed by atoms with Gasteiger partial charge in [0, 0.05) is 31.8 Å². The van der Waals surface area contributed by atoms with Crippen LogP contribution in [-0.2, 0) is 16.0 Å². The van der Waals surface area contributed by atoms with E-state index in [-0.39, 0.29) is 5.97 Å². The zero-order valence-electron chi connectivity index (χ0n) is 16.6. The molecule has 1 aliphatic heterocycles. The van der Waals surface area contributed by atoms with Gasteiger partial charge in [-0.05, 0) is 62.8 Å². The van der Waals surface area contributed by atoms with Gasteiger partial charge in [-0.1, -0.05) is 0 Å². The van der Waals surface area contributed by atoms with E-state index >= 15 is 0 Å². The Kier molecular flexibility index (Phi) is 5.78. The van der Waals surface area contributed by atoms with Gasteiger partial charge < -0.3 is 13.9 Å². The Morgan fingerprint density at radius 2 is 2.00 bits per heavy atom. The summed E-state index contributed by atoms with van der Waals surface area (Å²) in [6, 6.07) is 7.15. The Morgan fingerprint density at radius 3 is 2.64 bits per heavy atom. The highest BCUT2D eigenvalue weighted by Gasteiger charge is 2.28. The van der Waals surface area contributed by atoms with Crippen molar-refractivity contribution in [2.24, 2.45) is 5.92 Å². The number of methoxy groups -OCH3 is 1. The molecule has 4 rings (SSSR count). The van der Waals surface area contributed by atoms with Gasteiger partial charge in [-0.15, -0.1) is 0 Å². The van der Waals surface area contributed by atoms with Crippen molar-refractivity contribution in [3.05, 3.63) is 41.3 Å². The van der Waals surface area contributed by atoms with Crippen LogP contribution >= 0.6 is 0 Å². The first-order valence-corrected chi connectivity index (χ1v) is 10.1. The smallest absolute Gasteiger partial charge is 0.337 e. The maximum atomic E-state index is 11.6. The van der Waals surface area contributed by atoms with Gasteiger partial charge in [0.1, 0.15) is 5.76 Å². The van der Waals surface area contributed by atoms with Crippen LogP contribution in [0, 0.1) is 12.8 Å². The lowest BCUT2D eigenvalue weighted by Crippen LogP contribution is -2.33. The third-order valence-corrected chi connectivity index (χ3v) is 5.52. The quantitative estimate of drug-likeness (QED) is 0.645. The number of hydrogen-bond donors (Lipinski definition) is 0. The second-order valence-corrected chi connectivity index (χ2v) is 7.86. The van der Waals surface area contributed by atoms with E-state index in [1.54, 1.807) is 12.1 Å². The van der Waals surface area contributed by atoms with Crippen LogP contribution in [0.4, 0.5) is 0 Å². The average Bonchev–Trinajstić information content (AvgIpc) is 3.23. The predicted octanol–water partition coefficient (Wildman–Crippen LogP) is 3.83. The standard InChI is InChI=1S/C22H28N2O4/c1-15-20(14-24(12-16-5-6-16)13-19-4-3-11-27-19)23-21(28-15)17-7-9-18(10-8-17)22(25)26-2/h7-10,16,19H,3-6,11-14H2,1-2H3. The highest BCUT2D eigenvalue weighted by atomic mass is 16.5. The molecule has 0 amide bonds. The Bertz CT molecular complexity index is 804. The fourth-order valence-corrected chi connectivity index (χ4v) is 3.72. The van der Waals surface area contributed by atoms with Crippen molar-refractivity contribution >= 4 is 5.97 Å². The van der Waals surface area contributed by atoms with E-state index in [1.807, 2.05) is 19.1 Å². The van der Waals surface area contributed by atoms with E-state index in [4.69, 9.17) is 18.9 Å². The maximum absolute atomic E-state index is 11.6. The van der Waals surface area contributed by atoms with Crippen LogP contribution in [0.5, 0.6) is 0 Å². The number of oxazole rings is 1. The van der Waals surface area contributed by atoms with E-state index in [9.17, 15) is 4.79 Å². The van der Waals surface area contributed by atoms with Gasteiger partial charge in [-0.2, -0.15) is 0 Å². The van der Waals surface area contributed by atoms with Crippen LogP contribution in [0.15, 0.2) is 28.7 Å². The molecular weight excluding hydrogens is 356 g/mol. The number of esters is 1. The molecule has 6 nitrogen and oxygen atoms in total.